The topological polar surface area (TPSA) is 95.6 Å². The van der Waals surface area contributed by atoms with Crippen LogP contribution in [0.1, 0.15) is 18.4 Å². The highest BCUT2D eigenvalue weighted by atomic mass is 32.2. The van der Waals surface area contributed by atoms with E-state index in [1.54, 1.807) is 0 Å². The van der Waals surface area contributed by atoms with E-state index in [-0.39, 0.29) is 17.9 Å². The van der Waals surface area contributed by atoms with Crippen LogP contribution in [0.4, 0.5) is 10.1 Å². The second kappa shape index (κ2) is 9.04. The van der Waals surface area contributed by atoms with E-state index in [4.69, 9.17) is 0 Å². The summed E-state index contributed by atoms with van der Waals surface area (Å²) in [5.41, 5.74) is 6.75. The van der Waals surface area contributed by atoms with Crippen molar-refractivity contribution in [3.05, 3.63) is 59.9 Å². The normalized spacial score (nSPS) is 13.5. The molecule has 0 aromatic heterocycles. The van der Waals surface area contributed by atoms with Crippen LogP contribution in [0.3, 0.4) is 0 Å². The highest BCUT2D eigenvalue weighted by Crippen LogP contribution is 2.26. The fourth-order valence-electron chi connectivity index (χ4n) is 3.18. The Bertz CT molecular complexity index is 993. The average molecular weight is 419 g/mol. The van der Waals surface area contributed by atoms with Gasteiger partial charge in [0, 0.05) is 18.7 Å². The maximum atomic E-state index is 12.9. The van der Waals surface area contributed by atoms with Crippen LogP contribution in [0, 0.1) is 5.82 Å². The third-order valence-corrected chi connectivity index (χ3v) is 6.38. The third-order valence-electron chi connectivity index (χ3n) is 4.65. The number of fused-ring (bicyclic) bond motifs is 1. The van der Waals surface area contributed by atoms with Crippen molar-refractivity contribution in [1.82, 2.24) is 10.9 Å². The minimum atomic E-state index is -3.72. The first-order valence-corrected chi connectivity index (χ1v) is 10.9. The van der Waals surface area contributed by atoms with Crippen molar-refractivity contribution in [2.24, 2.45) is 0 Å². The van der Waals surface area contributed by atoms with Crippen molar-refractivity contribution in [2.75, 3.05) is 23.7 Å². The number of amides is 2. The molecule has 0 bridgehead atoms. The van der Waals surface area contributed by atoms with Crippen LogP contribution in [0.5, 0.6) is 0 Å². The molecule has 0 saturated carbocycles. The molecule has 1 aliphatic rings. The number of sulfone groups is 1. The number of aryl methyl sites for hydroxylation is 1. The van der Waals surface area contributed by atoms with E-state index in [2.05, 4.69) is 10.9 Å². The van der Waals surface area contributed by atoms with Gasteiger partial charge in [0.1, 0.15) is 5.82 Å². The standard InChI is InChI=1S/C20H22FN3O4S/c21-16-7-9-17(10-8-16)29(27,28)13-11-19(25)22-23-20(26)14-24-12-3-5-15-4-1-2-6-18(15)24/h1-2,4,6-10H,3,5,11-14H2,(H,22,25)(H,23,26). The minimum absolute atomic E-state index is 0.0560. The Kier molecular flexibility index (Phi) is 6.48. The van der Waals surface area contributed by atoms with Gasteiger partial charge in [-0.3, -0.25) is 20.4 Å². The van der Waals surface area contributed by atoms with Crippen molar-refractivity contribution in [3.63, 3.8) is 0 Å². The summed E-state index contributed by atoms with van der Waals surface area (Å²) in [6.07, 6.45) is 1.58. The van der Waals surface area contributed by atoms with Crippen LogP contribution in [0.25, 0.3) is 0 Å². The second-order valence-corrected chi connectivity index (χ2v) is 8.88. The van der Waals surface area contributed by atoms with Gasteiger partial charge in [0.25, 0.3) is 5.91 Å². The van der Waals surface area contributed by atoms with Crippen LogP contribution in [0.2, 0.25) is 0 Å². The summed E-state index contributed by atoms with van der Waals surface area (Å²) >= 11 is 0. The number of nitrogens with one attached hydrogen (secondary N) is 2. The molecule has 154 valence electrons. The monoisotopic (exact) mass is 419 g/mol. The maximum absolute atomic E-state index is 12.9. The maximum Gasteiger partial charge on any atom is 0.257 e. The SMILES string of the molecule is O=C(CCS(=O)(=O)c1ccc(F)cc1)NNC(=O)CN1CCCc2ccccc21. The molecule has 1 heterocycles. The van der Waals surface area contributed by atoms with E-state index in [0.29, 0.717) is 0 Å². The molecule has 3 rings (SSSR count). The molecule has 2 amide bonds. The molecule has 0 radical (unpaired) electrons. The van der Waals surface area contributed by atoms with E-state index in [1.807, 2.05) is 29.2 Å². The summed E-state index contributed by atoms with van der Waals surface area (Å²) in [4.78, 5) is 26.0. The predicted molar refractivity (Wildman–Crippen MR) is 106 cm³/mol. The number of hydrogen-bond donors (Lipinski definition) is 2. The van der Waals surface area contributed by atoms with Gasteiger partial charge in [-0.15, -0.1) is 0 Å². The molecule has 0 aliphatic carbocycles. The number of carbonyl (C=O) groups is 2. The Morgan fingerprint density at radius 3 is 2.45 bits per heavy atom. The highest BCUT2D eigenvalue weighted by Gasteiger charge is 2.20. The van der Waals surface area contributed by atoms with Gasteiger partial charge >= 0.3 is 0 Å². The molecular formula is C20H22FN3O4S. The van der Waals surface area contributed by atoms with Gasteiger partial charge in [0.15, 0.2) is 9.84 Å². The molecule has 9 heteroatoms. The van der Waals surface area contributed by atoms with E-state index in [1.165, 1.54) is 5.56 Å². The minimum Gasteiger partial charge on any atom is -0.362 e. The number of benzene rings is 2. The van der Waals surface area contributed by atoms with Crippen molar-refractivity contribution >= 4 is 27.3 Å². The van der Waals surface area contributed by atoms with Crippen molar-refractivity contribution in [3.8, 4) is 0 Å². The highest BCUT2D eigenvalue weighted by molar-refractivity contribution is 7.91. The number of anilines is 1. The first-order valence-electron chi connectivity index (χ1n) is 9.24. The smallest absolute Gasteiger partial charge is 0.257 e. The van der Waals surface area contributed by atoms with Gasteiger partial charge in [-0.05, 0) is 48.7 Å². The zero-order valence-corrected chi connectivity index (χ0v) is 16.5. The van der Waals surface area contributed by atoms with Gasteiger partial charge in [0.05, 0.1) is 17.2 Å². The molecule has 0 fully saturated rings. The van der Waals surface area contributed by atoms with Gasteiger partial charge in [0.2, 0.25) is 5.91 Å². The Morgan fingerprint density at radius 2 is 1.69 bits per heavy atom. The zero-order valence-electron chi connectivity index (χ0n) is 15.7. The summed E-state index contributed by atoms with van der Waals surface area (Å²) in [6.45, 7) is 0.833. The number of para-hydroxylation sites is 1. The van der Waals surface area contributed by atoms with Crippen LogP contribution in [-0.2, 0) is 25.8 Å². The Labute approximate surface area is 168 Å². The van der Waals surface area contributed by atoms with Gasteiger partial charge in [-0.25, -0.2) is 12.8 Å². The number of nitrogens with zero attached hydrogens (tertiary/aromatic N) is 1. The summed E-state index contributed by atoms with van der Waals surface area (Å²) < 4.78 is 37.3. The molecule has 1 aliphatic heterocycles. The molecule has 0 unspecified atom stereocenters. The number of rotatable bonds is 6. The lowest BCUT2D eigenvalue weighted by Crippen LogP contribution is -2.47. The van der Waals surface area contributed by atoms with Crippen LogP contribution < -0.4 is 15.8 Å². The van der Waals surface area contributed by atoms with E-state index in [0.717, 1.165) is 49.3 Å². The van der Waals surface area contributed by atoms with Gasteiger partial charge < -0.3 is 4.90 Å². The second-order valence-electron chi connectivity index (χ2n) is 6.77. The third kappa shape index (κ3) is 5.54. The molecule has 0 atom stereocenters. The summed E-state index contributed by atoms with van der Waals surface area (Å²) in [5, 5.41) is 0. The van der Waals surface area contributed by atoms with E-state index in [9.17, 15) is 22.4 Å². The fourth-order valence-corrected chi connectivity index (χ4v) is 4.42. The molecule has 0 spiro atoms. The summed E-state index contributed by atoms with van der Waals surface area (Å²) in [7, 11) is -3.72. The Balaban J connectivity index is 1.46. The van der Waals surface area contributed by atoms with Crippen LogP contribution in [0.15, 0.2) is 53.4 Å². The summed E-state index contributed by atoms with van der Waals surface area (Å²) in [6, 6.07) is 12.3. The van der Waals surface area contributed by atoms with E-state index < -0.39 is 33.2 Å². The Morgan fingerprint density at radius 1 is 1.00 bits per heavy atom. The molecule has 2 aromatic rings. The molecule has 0 saturated heterocycles. The first-order chi connectivity index (χ1) is 13.8. The number of halogens is 1. The fraction of sp³-hybridized carbons (Fsp3) is 0.300. The average Bonchev–Trinajstić information content (AvgIpc) is 2.71. The number of hydrogen-bond acceptors (Lipinski definition) is 5. The van der Waals surface area contributed by atoms with E-state index >= 15 is 0 Å². The molecular weight excluding hydrogens is 397 g/mol. The number of carbonyl (C=O) groups excluding carboxylic acids is 2. The number of hydrazine groups is 1. The molecule has 2 aromatic carbocycles. The Hall–Kier alpha value is -2.94. The zero-order chi connectivity index (χ0) is 20.9. The van der Waals surface area contributed by atoms with Crippen molar-refractivity contribution in [1.29, 1.82) is 0 Å². The molecule has 7 nitrogen and oxygen atoms in total. The van der Waals surface area contributed by atoms with Crippen molar-refractivity contribution in [2.45, 2.75) is 24.2 Å². The largest absolute Gasteiger partial charge is 0.362 e. The first kappa shape index (κ1) is 20.8. The molecule has 2 N–H and O–H groups in total. The molecule has 29 heavy (non-hydrogen) atoms. The van der Waals surface area contributed by atoms with Gasteiger partial charge in [-0.2, -0.15) is 0 Å². The lowest BCUT2D eigenvalue weighted by Gasteiger charge is -2.30. The van der Waals surface area contributed by atoms with Crippen LogP contribution >= 0.6 is 0 Å². The predicted octanol–water partition coefficient (Wildman–Crippen LogP) is 1.59. The van der Waals surface area contributed by atoms with Gasteiger partial charge in [-0.1, -0.05) is 18.2 Å². The quantitative estimate of drug-likeness (QED) is 0.548. The lowest BCUT2D eigenvalue weighted by atomic mass is 10.0. The van der Waals surface area contributed by atoms with Crippen molar-refractivity contribution < 1.29 is 22.4 Å². The lowest BCUT2D eigenvalue weighted by molar-refractivity contribution is -0.128. The van der Waals surface area contributed by atoms with Crippen LogP contribution in [-0.4, -0.2) is 39.1 Å². The summed E-state index contributed by atoms with van der Waals surface area (Å²) in [5.74, 6) is -2.00.